The average Bonchev–Trinajstić information content (AvgIpc) is 3.62. The standard InChI is InChI=1S/C24H26FN7O4/c1-26-21-7-17(29-23-15(9-28-32(21)23)24(34)30-18-11-36-12-20(18)33)14-8-27-22-13(14)3-2-5-31(22)19-4-6-35-10-16(19)25/h2-3,5,7-9,16,18-20,26,33H,4,6,10-12H2,1H3,(H,30,34)/t16-,18?,19?,20-/m1/s1. The van der Waals surface area contributed by atoms with Crippen LogP contribution in [0.15, 0.2) is 36.8 Å². The van der Waals surface area contributed by atoms with Crippen LogP contribution in [0.25, 0.3) is 28.3 Å². The van der Waals surface area contributed by atoms with Gasteiger partial charge in [0.25, 0.3) is 5.91 Å². The van der Waals surface area contributed by atoms with E-state index in [0.717, 1.165) is 11.1 Å². The molecular weight excluding hydrogens is 469 g/mol. The SMILES string of the molecule is CNc1cc(-c2cnc3n(C4CCOC[C@H]4F)cccc2-3)nc2c(C(=O)NC3COC[C@H]3O)cnn12. The number of halogens is 1. The summed E-state index contributed by atoms with van der Waals surface area (Å²) in [6.07, 6.45) is 3.70. The number of carbonyl (C=O) groups is 1. The number of nitrogens with zero attached hydrogens (tertiary/aromatic N) is 5. The molecule has 2 saturated heterocycles. The number of ether oxygens (including phenoxy) is 2. The predicted molar refractivity (Wildman–Crippen MR) is 128 cm³/mol. The minimum absolute atomic E-state index is 0.0709. The third-order valence-corrected chi connectivity index (χ3v) is 6.83. The molecule has 0 spiro atoms. The summed E-state index contributed by atoms with van der Waals surface area (Å²) in [5.74, 6) is 0.893. The third kappa shape index (κ3) is 3.77. The molecule has 2 aromatic rings. The van der Waals surface area contributed by atoms with Crippen LogP contribution in [0.3, 0.4) is 0 Å². The Hall–Kier alpha value is -3.61. The number of fused-ring (bicyclic) bond motifs is 2. The molecule has 0 bridgehead atoms. The van der Waals surface area contributed by atoms with Gasteiger partial charge in [-0.15, -0.1) is 0 Å². The van der Waals surface area contributed by atoms with Crippen LogP contribution in [0, 0.1) is 0 Å². The molecule has 3 N–H and O–H groups in total. The Labute approximate surface area is 205 Å². The zero-order valence-electron chi connectivity index (χ0n) is 19.6. The number of amides is 1. The third-order valence-electron chi connectivity index (χ3n) is 6.83. The Morgan fingerprint density at radius 1 is 1.22 bits per heavy atom. The van der Waals surface area contributed by atoms with Crippen molar-refractivity contribution < 1.29 is 23.8 Å². The summed E-state index contributed by atoms with van der Waals surface area (Å²) >= 11 is 0. The first kappa shape index (κ1) is 22.8. The fraction of sp³-hybridized carbons (Fsp3) is 0.417. The van der Waals surface area contributed by atoms with E-state index in [-0.39, 0.29) is 31.4 Å². The molecule has 4 aliphatic heterocycles. The summed E-state index contributed by atoms with van der Waals surface area (Å²) < 4.78 is 28.6. The number of anilines is 1. The molecule has 2 aromatic heterocycles. The van der Waals surface area contributed by atoms with Gasteiger partial charge >= 0.3 is 0 Å². The summed E-state index contributed by atoms with van der Waals surface area (Å²) in [5, 5.41) is 20.2. The minimum Gasteiger partial charge on any atom is -0.388 e. The van der Waals surface area contributed by atoms with E-state index in [1.54, 1.807) is 17.8 Å². The molecular formula is C24H26FN7O4. The highest BCUT2D eigenvalue weighted by Gasteiger charge is 2.31. The van der Waals surface area contributed by atoms with E-state index >= 15 is 0 Å². The average molecular weight is 496 g/mol. The summed E-state index contributed by atoms with van der Waals surface area (Å²) in [4.78, 5) is 22.4. The smallest absolute Gasteiger partial charge is 0.257 e. The topological polar surface area (TPSA) is 128 Å². The molecule has 4 atom stereocenters. The first-order valence-corrected chi connectivity index (χ1v) is 11.9. The molecule has 0 saturated carbocycles. The van der Waals surface area contributed by atoms with Crippen LogP contribution in [0.4, 0.5) is 10.2 Å². The van der Waals surface area contributed by atoms with Crippen molar-refractivity contribution in [3.05, 3.63) is 42.4 Å². The lowest BCUT2D eigenvalue weighted by Crippen LogP contribution is -2.42. The monoisotopic (exact) mass is 495 g/mol. The van der Waals surface area contributed by atoms with E-state index in [1.807, 2.05) is 29.0 Å². The number of pyridine rings is 1. The number of nitrogens with one attached hydrogen (secondary N) is 2. The molecule has 1 amide bonds. The van der Waals surface area contributed by atoms with Crippen LogP contribution in [0.2, 0.25) is 0 Å². The van der Waals surface area contributed by atoms with Crippen LogP contribution < -0.4 is 10.6 Å². The lowest BCUT2D eigenvalue weighted by Gasteiger charge is -2.29. The number of carbonyl (C=O) groups excluding carboxylic acids is 1. The van der Waals surface area contributed by atoms with E-state index in [1.165, 1.54) is 6.20 Å². The molecule has 0 radical (unpaired) electrons. The highest BCUT2D eigenvalue weighted by atomic mass is 19.1. The lowest BCUT2D eigenvalue weighted by molar-refractivity contribution is 0.00346. The second kappa shape index (κ2) is 9.12. The van der Waals surface area contributed by atoms with Crippen molar-refractivity contribution in [1.29, 1.82) is 0 Å². The van der Waals surface area contributed by atoms with Crippen LogP contribution in [-0.4, -0.2) is 87.0 Å². The summed E-state index contributed by atoms with van der Waals surface area (Å²) in [7, 11) is 1.76. The Bertz CT molecular complexity index is 1390. The van der Waals surface area contributed by atoms with Crippen LogP contribution in [-0.2, 0) is 9.47 Å². The van der Waals surface area contributed by atoms with E-state index in [0.29, 0.717) is 36.0 Å². The molecule has 6 rings (SSSR count). The van der Waals surface area contributed by atoms with Crippen LogP contribution >= 0.6 is 0 Å². The zero-order valence-corrected chi connectivity index (χ0v) is 19.6. The van der Waals surface area contributed by atoms with Gasteiger partial charge in [-0.05, 0) is 18.6 Å². The molecule has 2 fully saturated rings. The largest absolute Gasteiger partial charge is 0.388 e. The van der Waals surface area contributed by atoms with Gasteiger partial charge in [0.2, 0.25) is 0 Å². The van der Waals surface area contributed by atoms with E-state index in [2.05, 4.69) is 20.7 Å². The quantitative estimate of drug-likeness (QED) is 0.380. The Morgan fingerprint density at radius 2 is 2.11 bits per heavy atom. The molecule has 11 nitrogen and oxygen atoms in total. The van der Waals surface area contributed by atoms with Gasteiger partial charge in [0, 0.05) is 43.2 Å². The highest BCUT2D eigenvalue weighted by molar-refractivity contribution is 6.00. The van der Waals surface area contributed by atoms with Gasteiger partial charge in [-0.3, -0.25) is 4.79 Å². The molecule has 4 aliphatic rings. The predicted octanol–water partition coefficient (Wildman–Crippen LogP) is 1.53. The molecule has 36 heavy (non-hydrogen) atoms. The maximum absolute atomic E-state index is 14.7. The molecule has 188 valence electrons. The van der Waals surface area contributed by atoms with Crippen molar-refractivity contribution in [3.8, 4) is 22.6 Å². The van der Waals surface area contributed by atoms with E-state index < -0.39 is 24.2 Å². The Kier molecular flexibility index (Phi) is 5.78. The van der Waals surface area contributed by atoms with Crippen molar-refractivity contribution in [2.75, 3.05) is 38.8 Å². The Balaban J connectivity index is 1.39. The second-order valence-electron chi connectivity index (χ2n) is 9.03. The van der Waals surface area contributed by atoms with Crippen LogP contribution in [0.5, 0.6) is 0 Å². The summed E-state index contributed by atoms with van der Waals surface area (Å²) in [5.41, 5.74) is 2.80. The van der Waals surface area contributed by atoms with Gasteiger partial charge in [-0.2, -0.15) is 9.61 Å². The normalized spacial score (nSPS) is 24.4. The number of aromatic nitrogens is 5. The second-order valence-corrected chi connectivity index (χ2v) is 9.03. The Morgan fingerprint density at radius 3 is 2.89 bits per heavy atom. The number of hydrogen-bond acceptors (Lipinski definition) is 8. The van der Waals surface area contributed by atoms with E-state index in [9.17, 15) is 14.3 Å². The fourth-order valence-electron chi connectivity index (χ4n) is 4.90. The first-order valence-electron chi connectivity index (χ1n) is 11.9. The van der Waals surface area contributed by atoms with Crippen molar-refractivity contribution in [2.45, 2.75) is 30.8 Å². The van der Waals surface area contributed by atoms with Gasteiger partial charge in [0.05, 0.1) is 49.9 Å². The molecule has 6 heterocycles. The zero-order chi connectivity index (χ0) is 24.8. The van der Waals surface area contributed by atoms with Crippen molar-refractivity contribution in [3.63, 3.8) is 0 Å². The summed E-state index contributed by atoms with van der Waals surface area (Å²) in [6, 6.07) is 4.78. The van der Waals surface area contributed by atoms with Crippen molar-refractivity contribution in [1.82, 2.24) is 29.5 Å². The first-order chi connectivity index (χ1) is 17.5. The maximum Gasteiger partial charge on any atom is 0.257 e. The van der Waals surface area contributed by atoms with Crippen LogP contribution in [0.1, 0.15) is 22.8 Å². The number of aliphatic hydroxyl groups excluding tert-OH is 1. The van der Waals surface area contributed by atoms with E-state index in [4.69, 9.17) is 14.5 Å². The maximum atomic E-state index is 14.7. The molecule has 0 aromatic carbocycles. The molecule has 0 aliphatic carbocycles. The van der Waals surface area contributed by atoms with Crippen molar-refractivity contribution >= 4 is 17.4 Å². The van der Waals surface area contributed by atoms with Gasteiger partial charge in [0.15, 0.2) is 5.65 Å². The van der Waals surface area contributed by atoms with Gasteiger partial charge in [0.1, 0.15) is 23.4 Å². The minimum atomic E-state index is -1.11. The van der Waals surface area contributed by atoms with Crippen molar-refractivity contribution in [2.24, 2.45) is 0 Å². The van der Waals surface area contributed by atoms with Gasteiger partial charge in [-0.1, -0.05) is 0 Å². The fourth-order valence-corrected chi connectivity index (χ4v) is 4.90. The highest BCUT2D eigenvalue weighted by Crippen LogP contribution is 2.37. The number of aliphatic hydroxyl groups is 1. The van der Waals surface area contributed by atoms with Gasteiger partial charge < -0.3 is 29.8 Å². The lowest BCUT2D eigenvalue weighted by atomic mass is 10.0. The van der Waals surface area contributed by atoms with Gasteiger partial charge in [-0.25, -0.2) is 14.4 Å². The number of rotatable bonds is 5. The number of hydrogen-bond donors (Lipinski definition) is 3. The molecule has 2 unspecified atom stereocenters. The molecule has 12 heteroatoms. The summed E-state index contributed by atoms with van der Waals surface area (Å²) in [6.45, 7) is 0.994. The number of alkyl halides is 1.